The van der Waals surface area contributed by atoms with Gasteiger partial charge in [-0.25, -0.2) is 9.78 Å². The summed E-state index contributed by atoms with van der Waals surface area (Å²) in [7, 11) is 0.191. The summed E-state index contributed by atoms with van der Waals surface area (Å²) in [6.07, 6.45) is 0.640. The van der Waals surface area contributed by atoms with E-state index in [1.807, 2.05) is 38.1 Å². The fourth-order valence-electron chi connectivity index (χ4n) is 4.01. The Balaban J connectivity index is 1.56. The first-order valence-electron chi connectivity index (χ1n) is 10.8. The standard InChI is InChI=1S/C22H28ClN5O3S/c1-14(2)18(21(29)31-3)25-20-19-17(8-13-32(19)30)24-22(26-20)28-11-9-27(10-12-28)16-6-4-15(23)5-7-16/h4-7,14,18H,8-13H2,1-3H3,(H,24,25,26)/t18-,32-/m1/s1. The number of fused-ring (bicyclic) bond motifs is 1. The first-order chi connectivity index (χ1) is 15.4. The predicted octanol–water partition coefficient (Wildman–Crippen LogP) is 2.73. The third-order valence-corrected chi connectivity index (χ3v) is 7.56. The maximum atomic E-state index is 12.6. The summed E-state index contributed by atoms with van der Waals surface area (Å²) in [5, 5.41) is 3.94. The molecule has 2 atom stereocenters. The molecule has 2 aromatic rings. The lowest BCUT2D eigenvalue weighted by Gasteiger charge is -2.36. The van der Waals surface area contributed by atoms with E-state index in [2.05, 4.69) is 15.1 Å². The highest BCUT2D eigenvalue weighted by molar-refractivity contribution is 7.85. The number of aryl methyl sites for hydroxylation is 1. The normalized spacial score (nSPS) is 19.1. The molecule has 0 aliphatic carbocycles. The molecule has 172 valence electrons. The minimum absolute atomic E-state index is 0.0192. The molecule has 2 aliphatic heterocycles. The number of halogens is 1. The molecule has 1 fully saturated rings. The van der Waals surface area contributed by atoms with Crippen molar-refractivity contribution in [2.24, 2.45) is 5.92 Å². The Morgan fingerprint density at radius 2 is 1.78 bits per heavy atom. The van der Waals surface area contributed by atoms with E-state index in [1.54, 1.807) is 0 Å². The summed E-state index contributed by atoms with van der Waals surface area (Å²) >= 11 is 6.01. The van der Waals surface area contributed by atoms with E-state index in [1.165, 1.54) is 7.11 Å². The maximum absolute atomic E-state index is 12.6. The summed E-state index contributed by atoms with van der Waals surface area (Å²) < 4.78 is 17.6. The molecule has 1 N–H and O–H groups in total. The summed E-state index contributed by atoms with van der Waals surface area (Å²) in [5.74, 6) is 1.22. The minimum atomic E-state index is -1.18. The topological polar surface area (TPSA) is 87.7 Å². The van der Waals surface area contributed by atoms with E-state index in [0.717, 1.165) is 42.6 Å². The van der Waals surface area contributed by atoms with Gasteiger partial charge >= 0.3 is 5.97 Å². The smallest absolute Gasteiger partial charge is 0.328 e. The molecule has 1 saturated heterocycles. The lowest BCUT2D eigenvalue weighted by Crippen LogP contribution is -2.47. The molecule has 10 heteroatoms. The molecule has 0 amide bonds. The number of aromatic nitrogens is 2. The minimum Gasteiger partial charge on any atom is -0.467 e. The van der Waals surface area contributed by atoms with Crippen LogP contribution in [-0.2, 0) is 26.8 Å². The van der Waals surface area contributed by atoms with Gasteiger partial charge in [0.25, 0.3) is 0 Å². The summed E-state index contributed by atoms with van der Waals surface area (Å²) in [5.41, 5.74) is 1.93. The number of carbonyl (C=O) groups excluding carboxylic acids is 1. The summed E-state index contributed by atoms with van der Waals surface area (Å²) in [6.45, 7) is 7.04. The fourth-order valence-corrected chi connectivity index (χ4v) is 5.45. The second kappa shape index (κ2) is 9.62. The number of piperazine rings is 1. The van der Waals surface area contributed by atoms with E-state index in [-0.39, 0.29) is 11.9 Å². The van der Waals surface area contributed by atoms with Crippen molar-refractivity contribution in [1.29, 1.82) is 0 Å². The molecular weight excluding hydrogens is 450 g/mol. The number of nitrogens with zero attached hydrogens (tertiary/aromatic N) is 4. The van der Waals surface area contributed by atoms with Crippen molar-refractivity contribution in [3.05, 3.63) is 35.0 Å². The number of benzene rings is 1. The Morgan fingerprint density at radius 1 is 1.12 bits per heavy atom. The highest BCUT2D eigenvalue weighted by Crippen LogP contribution is 2.31. The molecule has 0 saturated carbocycles. The van der Waals surface area contributed by atoms with Crippen molar-refractivity contribution in [1.82, 2.24) is 9.97 Å². The van der Waals surface area contributed by atoms with Gasteiger partial charge in [-0.3, -0.25) is 4.21 Å². The lowest BCUT2D eigenvalue weighted by atomic mass is 10.0. The predicted molar refractivity (Wildman–Crippen MR) is 127 cm³/mol. The van der Waals surface area contributed by atoms with Gasteiger partial charge in [0.15, 0.2) is 0 Å². The van der Waals surface area contributed by atoms with Gasteiger partial charge in [0, 0.05) is 49.1 Å². The highest BCUT2D eigenvalue weighted by Gasteiger charge is 2.31. The van der Waals surface area contributed by atoms with Crippen LogP contribution in [0.4, 0.5) is 17.5 Å². The monoisotopic (exact) mass is 477 g/mol. The molecule has 0 spiro atoms. The molecular formula is C22H28ClN5O3S. The zero-order valence-corrected chi connectivity index (χ0v) is 20.1. The van der Waals surface area contributed by atoms with Crippen molar-refractivity contribution in [3.8, 4) is 0 Å². The maximum Gasteiger partial charge on any atom is 0.328 e. The molecule has 0 bridgehead atoms. The van der Waals surface area contributed by atoms with Crippen LogP contribution in [0.1, 0.15) is 19.5 Å². The Kier molecular flexibility index (Phi) is 6.85. The number of anilines is 3. The average Bonchev–Trinajstić information content (AvgIpc) is 3.18. The van der Waals surface area contributed by atoms with Gasteiger partial charge in [0.05, 0.1) is 23.6 Å². The van der Waals surface area contributed by atoms with Crippen LogP contribution in [0.3, 0.4) is 0 Å². The van der Waals surface area contributed by atoms with Crippen molar-refractivity contribution >= 4 is 45.8 Å². The van der Waals surface area contributed by atoms with Gasteiger partial charge in [-0.2, -0.15) is 4.98 Å². The van der Waals surface area contributed by atoms with Crippen molar-refractivity contribution in [2.45, 2.75) is 31.2 Å². The first-order valence-corrected chi connectivity index (χ1v) is 12.5. The molecule has 1 aromatic heterocycles. The third kappa shape index (κ3) is 4.68. The molecule has 2 aliphatic rings. The number of nitrogens with one attached hydrogen (secondary N) is 1. The zero-order chi connectivity index (χ0) is 22.8. The van der Waals surface area contributed by atoms with Crippen molar-refractivity contribution in [3.63, 3.8) is 0 Å². The molecule has 8 nitrogen and oxygen atoms in total. The van der Waals surface area contributed by atoms with Gasteiger partial charge < -0.3 is 19.9 Å². The van der Waals surface area contributed by atoms with Crippen LogP contribution >= 0.6 is 11.6 Å². The van der Waals surface area contributed by atoms with Gasteiger partial charge in [-0.05, 0) is 30.2 Å². The lowest BCUT2D eigenvalue weighted by molar-refractivity contribution is -0.142. The molecule has 3 heterocycles. The Labute approximate surface area is 195 Å². The second-order valence-corrected chi connectivity index (χ2v) is 10.2. The molecule has 1 aromatic carbocycles. The average molecular weight is 478 g/mol. The quantitative estimate of drug-likeness (QED) is 0.635. The number of hydrogen-bond donors (Lipinski definition) is 1. The summed E-state index contributed by atoms with van der Waals surface area (Å²) in [6, 6.07) is 7.28. The number of hydrogen-bond acceptors (Lipinski definition) is 8. The largest absolute Gasteiger partial charge is 0.467 e. The molecule has 4 rings (SSSR count). The van der Waals surface area contributed by atoms with E-state index < -0.39 is 16.8 Å². The van der Waals surface area contributed by atoms with Crippen LogP contribution in [0.5, 0.6) is 0 Å². The SMILES string of the molecule is COC(=O)[C@H](Nc1nc(N2CCN(c3ccc(Cl)cc3)CC2)nc2c1[S@](=O)CC2)C(C)C. The zero-order valence-electron chi connectivity index (χ0n) is 18.5. The Bertz CT molecular complexity index is 1010. The van der Waals surface area contributed by atoms with Gasteiger partial charge in [0.2, 0.25) is 5.95 Å². The molecule has 0 unspecified atom stereocenters. The van der Waals surface area contributed by atoms with Crippen LogP contribution in [0.2, 0.25) is 5.02 Å². The van der Waals surface area contributed by atoms with Crippen molar-refractivity contribution < 1.29 is 13.7 Å². The third-order valence-electron chi connectivity index (χ3n) is 5.84. The van der Waals surface area contributed by atoms with Crippen LogP contribution < -0.4 is 15.1 Å². The van der Waals surface area contributed by atoms with Crippen LogP contribution in [0.25, 0.3) is 0 Å². The van der Waals surface area contributed by atoms with Crippen LogP contribution in [0.15, 0.2) is 29.2 Å². The number of esters is 1. The van der Waals surface area contributed by atoms with E-state index in [0.29, 0.717) is 28.8 Å². The number of rotatable bonds is 6. The Hall–Kier alpha value is -2.39. The van der Waals surface area contributed by atoms with Gasteiger partial charge in [0.1, 0.15) is 16.8 Å². The molecule has 32 heavy (non-hydrogen) atoms. The van der Waals surface area contributed by atoms with E-state index in [9.17, 15) is 9.00 Å². The van der Waals surface area contributed by atoms with E-state index >= 15 is 0 Å². The van der Waals surface area contributed by atoms with Crippen LogP contribution in [0, 0.1) is 5.92 Å². The fraction of sp³-hybridized carbons (Fsp3) is 0.500. The van der Waals surface area contributed by atoms with Crippen molar-refractivity contribution in [2.75, 3.05) is 54.2 Å². The first kappa shape index (κ1) is 22.8. The number of methoxy groups -OCH3 is 1. The molecule has 0 radical (unpaired) electrons. The van der Waals surface area contributed by atoms with Crippen LogP contribution in [-0.4, -0.2) is 65.2 Å². The second-order valence-electron chi connectivity index (χ2n) is 8.29. The van der Waals surface area contributed by atoms with Gasteiger partial charge in [-0.1, -0.05) is 25.4 Å². The highest BCUT2D eigenvalue weighted by atomic mass is 35.5. The Morgan fingerprint density at radius 3 is 2.41 bits per heavy atom. The van der Waals surface area contributed by atoms with Gasteiger partial charge in [-0.15, -0.1) is 0 Å². The number of carbonyl (C=O) groups is 1. The number of ether oxygens (including phenoxy) is 1. The van der Waals surface area contributed by atoms with E-state index in [4.69, 9.17) is 26.3 Å². The summed E-state index contributed by atoms with van der Waals surface area (Å²) in [4.78, 5) is 26.8.